The number of piperidine rings is 1. The molecular weight excluding hydrogens is 446 g/mol. The molecule has 4 aromatic rings. The molecule has 3 aromatic heterocycles. The molecule has 1 fully saturated rings. The maximum absolute atomic E-state index is 14.8. The van der Waals surface area contributed by atoms with E-state index in [1.165, 1.54) is 23.8 Å². The minimum Gasteiger partial charge on any atom is -0.494 e. The fourth-order valence-corrected chi connectivity index (χ4v) is 4.45. The van der Waals surface area contributed by atoms with Gasteiger partial charge in [0.2, 0.25) is 5.95 Å². The summed E-state index contributed by atoms with van der Waals surface area (Å²) in [6, 6.07) is 2.54. The van der Waals surface area contributed by atoms with E-state index in [9.17, 15) is 13.9 Å². The third-order valence-electron chi connectivity index (χ3n) is 5.87. The van der Waals surface area contributed by atoms with Crippen molar-refractivity contribution in [1.82, 2.24) is 29.4 Å². The molecule has 1 saturated heterocycles. The Balaban J connectivity index is 1.50. The van der Waals surface area contributed by atoms with E-state index in [4.69, 9.17) is 10.5 Å². The first kappa shape index (κ1) is 22.3. The molecule has 3 N–H and O–H groups in total. The summed E-state index contributed by atoms with van der Waals surface area (Å²) in [6.45, 7) is 4.39. The number of aromatic nitrogens is 6. The number of nitrogens with zero attached hydrogens (tertiary/aromatic N) is 7. The number of aliphatic hydroxyl groups is 1. The first-order valence-corrected chi connectivity index (χ1v) is 10.9. The first-order valence-electron chi connectivity index (χ1n) is 10.9. The molecule has 4 heterocycles. The highest BCUT2D eigenvalue weighted by molar-refractivity contribution is 5.95. The van der Waals surface area contributed by atoms with Crippen LogP contribution in [-0.4, -0.2) is 66.4 Å². The lowest BCUT2D eigenvalue weighted by atomic mass is 9.96. The van der Waals surface area contributed by atoms with E-state index >= 15 is 0 Å². The Morgan fingerprint density at radius 3 is 2.79 bits per heavy atom. The van der Waals surface area contributed by atoms with Crippen molar-refractivity contribution in [3.05, 3.63) is 36.2 Å². The van der Waals surface area contributed by atoms with Gasteiger partial charge in [0.15, 0.2) is 11.5 Å². The van der Waals surface area contributed by atoms with Crippen LogP contribution in [0, 0.1) is 5.82 Å². The summed E-state index contributed by atoms with van der Waals surface area (Å²) in [5, 5.41) is 19.2. The first-order chi connectivity index (χ1) is 16.1. The number of hydrogen-bond acceptors (Lipinski definition) is 8. The summed E-state index contributed by atoms with van der Waals surface area (Å²) >= 11 is 0. The number of anilines is 2. The summed E-state index contributed by atoms with van der Waals surface area (Å²) < 4.78 is 37.2. The summed E-state index contributed by atoms with van der Waals surface area (Å²) in [4.78, 5) is 10.8. The Labute approximate surface area is 194 Å². The average molecular weight is 473 g/mol. The molecule has 0 unspecified atom stereocenters. The van der Waals surface area contributed by atoms with Gasteiger partial charge >= 0.3 is 0 Å². The molecule has 1 aromatic carbocycles. The second-order valence-electron chi connectivity index (χ2n) is 9.32. The highest BCUT2D eigenvalue weighted by Gasteiger charge is 2.32. The van der Waals surface area contributed by atoms with Gasteiger partial charge in [-0.2, -0.15) is 9.61 Å². The van der Waals surface area contributed by atoms with Gasteiger partial charge in [-0.25, -0.2) is 18.7 Å². The lowest BCUT2D eigenvalue weighted by Crippen LogP contribution is -2.41. The zero-order valence-corrected chi connectivity index (χ0v) is 19.1. The molecule has 0 aliphatic carbocycles. The topological polar surface area (TPSA) is 120 Å². The highest BCUT2D eigenvalue weighted by Crippen LogP contribution is 2.33. The molecule has 0 saturated carbocycles. The molecular formula is C22H26F2N8O2. The number of alkyl halides is 1. The average Bonchev–Trinajstić information content (AvgIpc) is 3.40. The van der Waals surface area contributed by atoms with Crippen LogP contribution in [0.4, 0.5) is 20.4 Å². The number of ether oxygens (including phenoxy) is 1. The Morgan fingerprint density at radius 1 is 1.26 bits per heavy atom. The van der Waals surface area contributed by atoms with Crippen molar-refractivity contribution in [2.24, 2.45) is 0 Å². The number of rotatable bonds is 5. The monoisotopic (exact) mass is 472 g/mol. The van der Waals surface area contributed by atoms with Crippen molar-refractivity contribution in [3.63, 3.8) is 0 Å². The normalized spacial score (nSPS) is 19.3. The Morgan fingerprint density at radius 2 is 2.06 bits per heavy atom. The van der Waals surface area contributed by atoms with Crippen LogP contribution in [0.2, 0.25) is 0 Å². The molecule has 0 amide bonds. The minimum atomic E-state index is -1.10. The van der Waals surface area contributed by atoms with Gasteiger partial charge in [-0.15, -0.1) is 5.10 Å². The van der Waals surface area contributed by atoms with Crippen molar-refractivity contribution in [2.45, 2.75) is 44.5 Å². The van der Waals surface area contributed by atoms with Gasteiger partial charge in [0.25, 0.3) is 0 Å². The van der Waals surface area contributed by atoms with Gasteiger partial charge in [0.05, 0.1) is 36.5 Å². The summed E-state index contributed by atoms with van der Waals surface area (Å²) in [5.74, 6) is -0.113. The van der Waals surface area contributed by atoms with E-state index in [0.717, 1.165) is 5.69 Å². The molecule has 10 nitrogen and oxygen atoms in total. The number of halogens is 2. The van der Waals surface area contributed by atoms with Crippen molar-refractivity contribution in [2.75, 3.05) is 30.8 Å². The Kier molecular flexibility index (Phi) is 5.27. The van der Waals surface area contributed by atoms with Crippen LogP contribution in [0.15, 0.2) is 24.5 Å². The van der Waals surface area contributed by atoms with E-state index in [0.29, 0.717) is 35.5 Å². The summed E-state index contributed by atoms with van der Waals surface area (Å²) in [5.41, 5.74) is 6.65. The Hall–Kier alpha value is -3.54. The molecule has 0 radical (unpaired) electrons. The van der Waals surface area contributed by atoms with Crippen LogP contribution < -0.4 is 15.4 Å². The van der Waals surface area contributed by atoms with Gasteiger partial charge in [-0.1, -0.05) is 0 Å². The van der Waals surface area contributed by atoms with E-state index in [1.807, 2.05) is 4.90 Å². The largest absolute Gasteiger partial charge is 0.494 e. The maximum atomic E-state index is 14.8. The highest BCUT2D eigenvalue weighted by atomic mass is 19.1. The molecule has 1 aliphatic rings. The van der Waals surface area contributed by atoms with Crippen LogP contribution in [0.25, 0.3) is 16.6 Å². The summed E-state index contributed by atoms with van der Waals surface area (Å²) in [7, 11) is 1.42. The van der Waals surface area contributed by atoms with Crippen molar-refractivity contribution < 1.29 is 18.6 Å². The molecule has 2 atom stereocenters. The molecule has 0 bridgehead atoms. The molecule has 12 heteroatoms. The predicted molar refractivity (Wildman–Crippen MR) is 122 cm³/mol. The predicted octanol–water partition coefficient (Wildman–Crippen LogP) is 2.31. The van der Waals surface area contributed by atoms with E-state index in [2.05, 4.69) is 20.2 Å². The maximum Gasteiger partial charge on any atom is 0.223 e. The van der Waals surface area contributed by atoms with Crippen LogP contribution in [0.1, 0.15) is 32.0 Å². The molecule has 1 aliphatic heterocycles. The number of methoxy groups -OCH3 is 1. The van der Waals surface area contributed by atoms with Crippen LogP contribution in [-0.2, 0) is 6.54 Å². The number of fused-ring (bicyclic) bond motifs is 3. The number of benzene rings is 1. The smallest absolute Gasteiger partial charge is 0.223 e. The van der Waals surface area contributed by atoms with Gasteiger partial charge in [-0.05, 0) is 26.3 Å². The summed E-state index contributed by atoms with van der Waals surface area (Å²) in [6.07, 6.45) is 2.58. The third kappa shape index (κ3) is 4.09. The van der Waals surface area contributed by atoms with Gasteiger partial charge < -0.3 is 20.5 Å². The molecule has 0 spiro atoms. The standard InChI is InChI=1S/C22H26F2N8O2/c1-22(2,33)11-31-10-15(7-26-31)30-8-12(4-14(24)9-30)19-28-20-16-5-13(23)6-17(34-3)18(16)27-21(25)32(20)29-19/h5-7,10,12,14,33H,4,8-9,11H2,1-3H3,(H2,25,27)/t12-,14-/m1/s1. The lowest BCUT2D eigenvalue weighted by molar-refractivity contribution is 0.0577. The van der Waals surface area contributed by atoms with E-state index in [1.54, 1.807) is 30.9 Å². The molecule has 34 heavy (non-hydrogen) atoms. The van der Waals surface area contributed by atoms with Gasteiger partial charge in [0.1, 0.15) is 23.3 Å². The van der Waals surface area contributed by atoms with Crippen molar-refractivity contribution >= 4 is 28.2 Å². The van der Waals surface area contributed by atoms with Crippen LogP contribution in [0.3, 0.4) is 0 Å². The number of nitrogen functional groups attached to an aromatic ring is 1. The van der Waals surface area contributed by atoms with Crippen molar-refractivity contribution in [3.8, 4) is 5.75 Å². The SMILES string of the molecule is COc1cc(F)cc2c1nc(N)n1nc([C@@H]3C[C@@H](F)CN(c4cnn(CC(C)(C)O)c4)C3)nc21. The van der Waals surface area contributed by atoms with Gasteiger partial charge in [0, 0.05) is 31.3 Å². The zero-order chi connectivity index (χ0) is 24.2. The second-order valence-corrected chi connectivity index (χ2v) is 9.32. The van der Waals surface area contributed by atoms with Crippen LogP contribution >= 0.6 is 0 Å². The van der Waals surface area contributed by atoms with Crippen LogP contribution in [0.5, 0.6) is 5.75 Å². The lowest BCUT2D eigenvalue weighted by Gasteiger charge is -2.34. The third-order valence-corrected chi connectivity index (χ3v) is 5.87. The van der Waals surface area contributed by atoms with E-state index in [-0.39, 0.29) is 30.6 Å². The Bertz CT molecular complexity index is 1360. The minimum absolute atomic E-state index is 0.0727. The number of hydrogen-bond donors (Lipinski definition) is 2. The number of nitrogens with two attached hydrogens (primary N) is 1. The second kappa shape index (κ2) is 8.05. The van der Waals surface area contributed by atoms with Gasteiger partial charge in [-0.3, -0.25) is 4.68 Å². The van der Waals surface area contributed by atoms with Crippen molar-refractivity contribution in [1.29, 1.82) is 0 Å². The fourth-order valence-electron chi connectivity index (χ4n) is 4.45. The zero-order valence-electron chi connectivity index (χ0n) is 19.1. The molecule has 5 rings (SSSR count). The molecule has 180 valence electrons. The quantitative estimate of drug-likeness (QED) is 0.454. The van der Waals surface area contributed by atoms with E-state index < -0.39 is 17.6 Å². The fraction of sp³-hybridized carbons (Fsp3) is 0.455.